The summed E-state index contributed by atoms with van der Waals surface area (Å²) >= 11 is 0. The molecule has 44 heavy (non-hydrogen) atoms. The van der Waals surface area contributed by atoms with Crippen molar-refractivity contribution in [1.29, 1.82) is 0 Å². The number of ether oxygens (including phenoxy) is 2. The van der Waals surface area contributed by atoms with Gasteiger partial charge in [0.2, 0.25) is 18.1 Å². The van der Waals surface area contributed by atoms with E-state index < -0.39 is 11.7 Å². The van der Waals surface area contributed by atoms with Crippen molar-refractivity contribution < 1.29 is 23.2 Å². The summed E-state index contributed by atoms with van der Waals surface area (Å²) in [5.74, 6) is 0.400. The molecular formula is C32H34FN8O3+. The third kappa shape index (κ3) is 6.87. The SMILES string of the molecule is CC1(C(=O)NCc2ccccc2)COC(c2nc(-c3ccc(F)cc3)c(-c3ccnc(NCCC[N+]4=CN=CC4)n3)[nH]2)OC1. The van der Waals surface area contributed by atoms with Gasteiger partial charge < -0.3 is 25.1 Å². The first-order valence-electron chi connectivity index (χ1n) is 14.5. The van der Waals surface area contributed by atoms with Gasteiger partial charge in [-0.05, 0) is 42.8 Å². The number of amides is 1. The van der Waals surface area contributed by atoms with E-state index in [2.05, 4.69) is 30.2 Å². The molecule has 1 fully saturated rings. The van der Waals surface area contributed by atoms with Gasteiger partial charge in [0, 0.05) is 31.3 Å². The van der Waals surface area contributed by atoms with E-state index in [1.807, 2.05) is 49.8 Å². The van der Waals surface area contributed by atoms with Gasteiger partial charge in [-0.1, -0.05) is 35.3 Å². The lowest BCUT2D eigenvalue weighted by Crippen LogP contribution is -2.48. The number of aliphatic imine (C=N–C) groups is 1. The molecule has 2 aliphatic heterocycles. The summed E-state index contributed by atoms with van der Waals surface area (Å²) in [6.45, 7) is 4.91. The van der Waals surface area contributed by atoms with Crippen molar-refractivity contribution in [1.82, 2.24) is 25.3 Å². The van der Waals surface area contributed by atoms with Gasteiger partial charge in [0.05, 0.1) is 42.3 Å². The van der Waals surface area contributed by atoms with Crippen LogP contribution in [-0.4, -0.2) is 75.8 Å². The maximum absolute atomic E-state index is 13.8. The maximum atomic E-state index is 13.8. The number of carbonyl (C=O) groups is 1. The average Bonchev–Trinajstić information content (AvgIpc) is 3.74. The smallest absolute Gasteiger partial charge is 0.281 e. The number of halogens is 1. The number of nitrogens with zero attached hydrogens (tertiary/aromatic N) is 5. The Morgan fingerprint density at radius 2 is 1.89 bits per heavy atom. The van der Waals surface area contributed by atoms with Crippen LogP contribution in [0.3, 0.4) is 0 Å². The zero-order chi connectivity index (χ0) is 30.4. The standard InChI is InChI=1S/C32H33FN8O3/c1-32(30(42)37-18-22-6-3-2-4-7-22)19-43-29(44-20-32)28-39-26(23-8-10-24(33)11-9-23)27(40-28)25-12-14-36-31(38-25)35-13-5-16-41-17-15-34-21-41/h2-4,6-12,14-15,21,29H,5,13,16-20H2,1H3,(H2-,35,36,37,38,39,40,42)/p+1. The number of benzene rings is 2. The first-order chi connectivity index (χ1) is 21.5. The highest BCUT2D eigenvalue weighted by molar-refractivity contribution is 5.82. The predicted molar refractivity (Wildman–Crippen MR) is 164 cm³/mol. The maximum Gasteiger partial charge on any atom is 0.281 e. The van der Waals surface area contributed by atoms with Gasteiger partial charge in [0.1, 0.15) is 12.4 Å². The van der Waals surface area contributed by atoms with Crippen molar-refractivity contribution in [2.75, 3.05) is 38.2 Å². The van der Waals surface area contributed by atoms with Crippen molar-refractivity contribution >= 4 is 24.4 Å². The molecule has 0 radical (unpaired) electrons. The van der Waals surface area contributed by atoms with Crippen molar-refractivity contribution in [3.8, 4) is 22.6 Å². The summed E-state index contributed by atoms with van der Waals surface area (Å²) in [7, 11) is 0. The van der Waals surface area contributed by atoms with Gasteiger partial charge >= 0.3 is 0 Å². The van der Waals surface area contributed by atoms with Gasteiger partial charge in [-0.3, -0.25) is 9.37 Å². The first-order valence-corrected chi connectivity index (χ1v) is 14.5. The van der Waals surface area contributed by atoms with Gasteiger partial charge in [-0.15, -0.1) is 0 Å². The number of imidazole rings is 1. The Morgan fingerprint density at radius 3 is 2.64 bits per heavy atom. The molecule has 2 aromatic heterocycles. The molecule has 1 saturated heterocycles. The van der Waals surface area contributed by atoms with Crippen molar-refractivity contribution in [3.05, 3.63) is 84.1 Å². The molecule has 0 bridgehead atoms. The molecule has 3 N–H and O–H groups in total. The van der Waals surface area contributed by atoms with Crippen molar-refractivity contribution in [2.24, 2.45) is 10.4 Å². The second kappa shape index (κ2) is 13.2. The fourth-order valence-electron chi connectivity index (χ4n) is 4.95. The number of rotatable bonds is 11. The molecule has 12 heteroatoms. The summed E-state index contributed by atoms with van der Waals surface area (Å²) in [5.41, 5.74) is 2.62. The molecule has 1 amide bonds. The van der Waals surface area contributed by atoms with Crippen LogP contribution in [0.1, 0.15) is 31.0 Å². The lowest BCUT2D eigenvalue weighted by atomic mass is 9.91. The average molecular weight is 598 g/mol. The lowest BCUT2D eigenvalue weighted by Gasteiger charge is -2.35. The number of nitrogens with one attached hydrogen (secondary N) is 3. The van der Waals surface area contributed by atoms with Gasteiger partial charge in [0.25, 0.3) is 6.34 Å². The second-order valence-electron chi connectivity index (χ2n) is 11.0. The Bertz CT molecular complexity index is 1650. The Morgan fingerprint density at radius 1 is 1.09 bits per heavy atom. The van der Waals surface area contributed by atoms with Crippen molar-refractivity contribution in [2.45, 2.75) is 26.2 Å². The van der Waals surface area contributed by atoms with Gasteiger partial charge in [-0.2, -0.15) is 0 Å². The topological polar surface area (TPSA) is 129 Å². The largest absolute Gasteiger partial charge is 0.354 e. The molecule has 226 valence electrons. The molecule has 4 aromatic rings. The number of hydrogen-bond donors (Lipinski definition) is 3. The molecule has 0 spiro atoms. The summed E-state index contributed by atoms with van der Waals surface area (Å²) < 4.78 is 28.0. The monoisotopic (exact) mass is 597 g/mol. The van der Waals surface area contributed by atoms with E-state index >= 15 is 0 Å². The fourth-order valence-corrected chi connectivity index (χ4v) is 4.95. The minimum absolute atomic E-state index is 0.142. The zero-order valence-corrected chi connectivity index (χ0v) is 24.4. The van der Waals surface area contributed by atoms with E-state index in [-0.39, 0.29) is 24.9 Å². The molecule has 0 aliphatic carbocycles. The van der Waals surface area contributed by atoms with Crippen LogP contribution in [-0.2, 0) is 20.8 Å². The number of aromatic nitrogens is 4. The first kappa shape index (κ1) is 29.3. The van der Waals surface area contributed by atoms with E-state index in [0.717, 1.165) is 25.1 Å². The number of aromatic amines is 1. The summed E-state index contributed by atoms with van der Waals surface area (Å²) in [5, 5.41) is 6.26. The van der Waals surface area contributed by atoms with Crippen LogP contribution < -0.4 is 10.6 Å². The molecule has 6 rings (SSSR count). The molecule has 11 nitrogen and oxygen atoms in total. The Labute approximate surface area is 254 Å². The van der Waals surface area contributed by atoms with E-state index in [1.54, 1.807) is 24.4 Å². The van der Waals surface area contributed by atoms with E-state index in [4.69, 9.17) is 19.4 Å². The Kier molecular flexibility index (Phi) is 8.80. The number of H-pyrrole nitrogens is 1. The van der Waals surface area contributed by atoms with Crippen LogP contribution in [0.2, 0.25) is 0 Å². The second-order valence-corrected chi connectivity index (χ2v) is 11.0. The molecule has 0 saturated carbocycles. The highest BCUT2D eigenvalue weighted by Gasteiger charge is 2.40. The minimum atomic E-state index is -0.868. The normalized spacial score (nSPS) is 19.5. The van der Waals surface area contributed by atoms with Crippen LogP contribution in [0.4, 0.5) is 10.3 Å². The number of hydrogen-bond acceptors (Lipinski definition) is 8. The number of carbonyl (C=O) groups excluding carboxylic acids is 1. The highest BCUT2D eigenvalue weighted by atomic mass is 19.1. The third-order valence-electron chi connectivity index (χ3n) is 7.48. The van der Waals surface area contributed by atoms with Gasteiger partial charge in [0.15, 0.2) is 12.0 Å². The molecule has 0 atom stereocenters. The molecule has 2 aromatic carbocycles. The third-order valence-corrected chi connectivity index (χ3v) is 7.48. The Hall–Kier alpha value is -4.81. The summed E-state index contributed by atoms with van der Waals surface area (Å²) in [6, 6.07) is 17.6. The van der Waals surface area contributed by atoms with Crippen molar-refractivity contribution in [3.63, 3.8) is 0 Å². The van der Waals surface area contributed by atoms with E-state index in [0.29, 0.717) is 47.5 Å². The summed E-state index contributed by atoms with van der Waals surface area (Å²) in [4.78, 5) is 34.4. The lowest BCUT2D eigenvalue weighted by molar-refractivity contribution is -0.504. The van der Waals surface area contributed by atoms with Crippen LogP contribution in [0.25, 0.3) is 22.6 Å². The quantitative estimate of drug-likeness (QED) is 0.176. The zero-order valence-electron chi connectivity index (χ0n) is 24.4. The van der Waals surface area contributed by atoms with Crippen LogP contribution in [0.5, 0.6) is 0 Å². The molecular weight excluding hydrogens is 563 g/mol. The van der Waals surface area contributed by atoms with Crippen LogP contribution in [0.15, 0.2) is 71.9 Å². The Balaban J connectivity index is 1.16. The predicted octanol–water partition coefficient (Wildman–Crippen LogP) is 3.97. The van der Waals surface area contributed by atoms with Crippen LogP contribution in [0, 0.1) is 11.2 Å². The van der Waals surface area contributed by atoms with E-state index in [9.17, 15) is 9.18 Å². The minimum Gasteiger partial charge on any atom is -0.354 e. The molecule has 2 aliphatic rings. The highest BCUT2D eigenvalue weighted by Crippen LogP contribution is 2.35. The van der Waals surface area contributed by atoms with Crippen LogP contribution >= 0.6 is 0 Å². The molecule has 0 unspecified atom stereocenters. The molecule has 4 heterocycles. The van der Waals surface area contributed by atoms with E-state index in [1.165, 1.54) is 12.1 Å². The van der Waals surface area contributed by atoms with Gasteiger partial charge in [-0.25, -0.2) is 19.3 Å². The fraction of sp³-hybridized carbons (Fsp3) is 0.312. The summed E-state index contributed by atoms with van der Waals surface area (Å²) in [6.07, 6.45) is 5.45. The number of anilines is 1.